The van der Waals surface area contributed by atoms with Crippen molar-refractivity contribution in [2.75, 3.05) is 13.6 Å². The van der Waals surface area contributed by atoms with E-state index in [0.717, 1.165) is 43.4 Å². The predicted molar refractivity (Wildman–Crippen MR) is 96.6 cm³/mol. The zero-order valence-electron chi connectivity index (χ0n) is 16.2. The second-order valence-electron chi connectivity index (χ2n) is 7.98. The highest BCUT2D eigenvalue weighted by Crippen LogP contribution is 2.35. The SMILES string of the molecule is C[C@H](OC(=O)CN1C(=O)NC2(CCCC2)C1=O)C(=O)N(C)C1CCCCC1. The van der Waals surface area contributed by atoms with Gasteiger partial charge >= 0.3 is 12.0 Å². The van der Waals surface area contributed by atoms with Crippen LogP contribution in [-0.2, 0) is 19.1 Å². The number of nitrogens with one attached hydrogen (secondary N) is 1. The lowest BCUT2D eigenvalue weighted by Gasteiger charge is -2.32. The molecule has 4 amide bonds. The third-order valence-corrected chi connectivity index (χ3v) is 6.12. The van der Waals surface area contributed by atoms with Crippen molar-refractivity contribution in [3.8, 4) is 0 Å². The lowest BCUT2D eigenvalue weighted by Crippen LogP contribution is -2.46. The van der Waals surface area contributed by atoms with Crippen molar-refractivity contribution in [1.82, 2.24) is 15.1 Å². The summed E-state index contributed by atoms with van der Waals surface area (Å²) in [6.45, 7) is 1.07. The fraction of sp³-hybridized carbons (Fsp3) is 0.789. The molecule has 27 heavy (non-hydrogen) atoms. The minimum Gasteiger partial charge on any atom is -0.451 e. The van der Waals surface area contributed by atoms with Crippen LogP contribution in [0.3, 0.4) is 0 Å². The van der Waals surface area contributed by atoms with Gasteiger partial charge in [0.05, 0.1) is 0 Å². The van der Waals surface area contributed by atoms with E-state index in [1.54, 1.807) is 11.9 Å². The van der Waals surface area contributed by atoms with Crippen LogP contribution in [0.1, 0.15) is 64.7 Å². The van der Waals surface area contributed by atoms with Gasteiger partial charge in [-0.15, -0.1) is 0 Å². The maximum absolute atomic E-state index is 12.6. The van der Waals surface area contributed by atoms with Crippen molar-refractivity contribution in [3.05, 3.63) is 0 Å². The first-order chi connectivity index (χ1) is 12.8. The smallest absolute Gasteiger partial charge is 0.327 e. The van der Waals surface area contributed by atoms with Crippen molar-refractivity contribution < 1.29 is 23.9 Å². The lowest BCUT2D eigenvalue weighted by atomic mass is 9.94. The van der Waals surface area contributed by atoms with E-state index in [1.165, 1.54) is 13.3 Å². The van der Waals surface area contributed by atoms with Gasteiger partial charge in [-0.2, -0.15) is 0 Å². The normalized spacial score (nSPS) is 23.4. The molecule has 1 aliphatic heterocycles. The Morgan fingerprint density at radius 1 is 1.19 bits per heavy atom. The Kier molecular flexibility index (Phi) is 5.72. The Labute approximate surface area is 159 Å². The van der Waals surface area contributed by atoms with Gasteiger partial charge in [-0.25, -0.2) is 4.79 Å². The third kappa shape index (κ3) is 3.94. The quantitative estimate of drug-likeness (QED) is 0.578. The molecule has 2 aliphatic carbocycles. The van der Waals surface area contributed by atoms with Crippen molar-refractivity contribution in [3.63, 3.8) is 0 Å². The molecule has 1 saturated heterocycles. The molecule has 8 heteroatoms. The van der Waals surface area contributed by atoms with Gasteiger partial charge in [-0.05, 0) is 32.6 Å². The molecule has 3 aliphatic rings. The summed E-state index contributed by atoms with van der Waals surface area (Å²) in [5.41, 5.74) is -0.847. The van der Waals surface area contributed by atoms with Crippen LogP contribution in [0, 0.1) is 0 Å². The fourth-order valence-electron chi connectivity index (χ4n) is 4.49. The van der Waals surface area contributed by atoms with E-state index in [9.17, 15) is 19.2 Å². The highest BCUT2D eigenvalue weighted by atomic mass is 16.5. The molecule has 0 aromatic rings. The first-order valence-corrected chi connectivity index (χ1v) is 9.94. The van der Waals surface area contributed by atoms with Gasteiger partial charge in [0.2, 0.25) is 0 Å². The van der Waals surface area contributed by atoms with Crippen LogP contribution < -0.4 is 5.32 Å². The molecule has 0 aromatic carbocycles. The highest BCUT2D eigenvalue weighted by molar-refractivity contribution is 6.08. The number of rotatable bonds is 5. The molecule has 1 atom stereocenters. The minimum atomic E-state index is -0.939. The molecule has 2 saturated carbocycles. The van der Waals surface area contributed by atoms with E-state index in [4.69, 9.17) is 4.74 Å². The monoisotopic (exact) mass is 379 g/mol. The molecule has 1 spiro atoms. The molecule has 3 rings (SSSR count). The molecule has 150 valence electrons. The molecule has 1 N–H and O–H groups in total. The van der Waals surface area contributed by atoms with Gasteiger partial charge in [0.15, 0.2) is 6.10 Å². The van der Waals surface area contributed by atoms with Gasteiger partial charge in [-0.1, -0.05) is 32.1 Å². The van der Waals surface area contributed by atoms with Crippen molar-refractivity contribution in [2.24, 2.45) is 0 Å². The van der Waals surface area contributed by atoms with Gasteiger partial charge in [0.25, 0.3) is 11.8 Å². The maximum Gasteiger partial charge on any atom is 0.327 e. The molecule has 8 nitrogen and oxygen atoms in total. The number of amides is 4. The van der Waals surface area contributed by atoms with E-state index < -0.39 is 30.2 Å². The van der Waals surface area contributed by atoms with Crippen LogP contribution >= 0.6 is 0 Å². The van der Waals surface area contributed by atoms with E-state index >= 15 is 0 Å². The number of nitrogens with zero attached hydrogens (tertiary/aromatic N) is 2. The van der Waals surface area contributed by atoms with Crippen LogP contribution in [0.5, 0.6) is 0 Å². The zero-order valence-corrected chi connectivity index (χ0v) is 16.2. The number of carbonyl (C=O) groups is 4. The summed E-state index contributed by atoms with van der Waals surface area (Å²) >= 11 is 0. The lowest BCUT2D eigenvalue weighted by molar-refractivity contribution is -0.161. The highest BCUT2D eigenvalue weighted by Gasteiger charge is 2.52. The largest absolute Gasteiger partial charge is 0.451 e. The Morgan fingerprint density at radius 2 is 1.81 bits per heavy atom. The molecule has 0 unspecified atom stereocenters. The number of esters is 1. The summed E-state index contributed by atoms with van der Waals surface area (Å²) < 4.78 is 5.23. The molecular formula is C19H29N3O5. The van der Waals surface area contributed by atoms with E-state index in [2.05, 4.69) is 5.32 Å². The zero-order chi connectivity index (χ0) is 19.6. The number of likely N-dealkylation sites (N-methyl/N-ethyl adjacent to an activating group) is 1. The van der Waals surface area contributed by atoms with Crippen LogP contribution in [-0.4, -0.2) is 64.9 Å². The topological polar surface area (TPSA) is 96.0 Å². The van der Waals surface area contributed by atoms with Crippen LogP contribution in [0.25, 0.3) is 0 Å². The van der Waals surface area contributed by atoms with Crippen LogP contribution in [0.2, 0.25) is 0 Å². The fourth-order valence-corrected chi connectivity index (χ4v) is 4.49. The minimum absolute atomic E-state index is 0.181. The van der Waals surface area contributed by atoms with Gasteiger partial charge in [0.1, 0.15) is 12.1 Å². The number of ether oxygens (including phenoxy) is 1. The maximum atomic E-state index is 12.6. The number of imide groups is 1. The first-order valence-electron chi connectivity index (χ1n) is 9.94. The summed E-state index contributed by atoms with van der Waals surface area (Å²) in [4.78, 5) is 52.1. The number of hydrogen-bond acceptors (Lipinski definition) is 5. The average Bonchev–Trinajstić information content (AvgIpc) is 3.22. The number of hydrogen-bond donors (Lipinski definition) is 1. The second-order valence-corrected chi connectivity index (χ2v) is 7.98. The van der Waals surface area contributed by atoms with Gasteiger partial charge in [-0.3, -0.25) is 19.3 Å². The Bertz CT molecular complexity index is 623. The number of urea groups is 1. The Balaban J connectivity index is 1.53. The Hall–Kier alpha value is -2.12. The summed E-state index contributed by atoms with van der Waals surface area (Å²) in [7, 11) is 1.74. The summed E-state index contributed by atoms with van der Waals surface area (Å²) in [5.74, 6) is -1.36. The summed E-state index contributed by atoms with van der Waals surface area (Å²) in [6.07, 6.45) is 7.35. The standard InChI is InChI=1S/C19H29N3O5/c1-13(16(24)21(2)14-8-4-3-5-9-14)27-15(23)12-22-17(25)19(20-18(22)26)10-6-7-11-19/h13-14H,3-12H2,1-2H3,(H,20,26)/t13-/m0/s1. The molecule has 0 radical (unpaired) electrons. The van der Waals surface area contributed by atoms with E-state index in [1.807, 2.05) is 0 Å². The second kappa shape index (κ2) is 7.86. The molecule has 1 heterocycles. The van der Waals surface area contributed by atoms with Crippen LogP contribution in [0.4, 0.5) is 4.79 Å². The molecule has 3 fully saturated rings. The third-order valence-electron chi connectivity index (χ3n) is 6.12. The van der Waals surface area contributed by atoms with E-state index in [0.29, 0.717) is 12.8 Å². The van der Waals surface area contributed by atoms with Gasteiger partial charge in [0, 0.05) is 13.1 Å². The number of carbonyl (C=O) groups excluding carboxylic acids is 4. The van der Waals surface area contributed by atoms with Gasteiger partial charge < -0.3 is 15.0 Å². The molecule has 0 bridgehead atoms. The van der Waals surface area contributed by atoms with Crippen molar-refractivity contribution in [2.45, 2.75) is 82.4 Å². The van der Waals surface area contributed by atoms with E-state index in [-0.39, 0.29) is 17.9 Å². The summed E-state index contributed by atoms with van der Waals surface area (Å²) in [5, 5.41) is 2.73. The van der Waals surface area contributed by atoms with Crippen LogP contribution in [0.15, 0.2) is 0 Å². The first kappa shape index (κ1) is 19.6. The Morgan fingerprint density at radius 3 is 2.44 bits per heavy atom. The van der Waals surface area contributed by atoms with Crippen molar-refractivity contribution in [1.29, 1.82) is 0 Å². The summed E-state index contributed by atoms with van der Waals surface area (Å²) in [6, 6.07) is -0.377. The molecule has 0 aromatic heterocycles. The van der Waals surface area contributed by atoms with Crippen molar-refractivity contribution >= 4 is 23.8 Å². The molecular weight excluding hydrogens is 350 g/mol. The predicted octanol–water partition coefficient (Wildman–Crippen LogP) is 1.57. The average molecular weight is 379 g/mol.